The van der Waals surface area contributed by atoms with Gasteiger partial charge in [-0.25, -0.2) is 0 Å². The highest BCUT2D eigenvalue weighted by Crippen LogP contribution is 2.35. The molecule has 0 spiro atoms. The number of carbonyl (C=O) groups excluding carboxylic acids is 2. The molecule has 2 amide bonds. The van der Waals surface area contributed by atoms with Crippen LogP contribution in [-0.2, 0) is 16.1 Å². The number of hydrogen-bond acceptors (Lipinski definition) is 3. The first-order chi connectivity index (χ1) is 15.6. The highest BCUT2D eigenvalue weighted by atomic mass is 32.2. The largest absolute Gasteiger partial charge is 0.343 e. The first-order valence-electron chi connectivity index (χ1n) is 11.0. The van der Waals surface area contributed by atoms with Crippen molar-refractivity contribution in [2.45, 2.75) is 37.8 Å². The number of amides is 2. The first-order valence-corrected chi connectivity index (χ1v) is 12.0. The third kappa shape index (κ3) is 4.89. The number of rotatable bonds is 6. The monoisotopic (exact) mass is 444 g/mol. The predicted octanol–water partition coefficient (Wildman–Crippen LogP) is 5.52. The lowest BCUT2D eigenvalue weighted by atomic mass is 10.0. The molecule has 32 heavy (non-hydrogen) atoms. The summed E-state index contributed by atoms with van der Waals surface area (Å²) in [6.07, 6.45) is 0.746. The van der Waals surface area contributed by atoms with Gasteiger partial charge in [-0.15, -0.1) is 11.8 Å². The molecule has 1 aliphatic rings. The van der Waals surface area contributed by atoms with Crippen LogP contribution in [0.4, 0.5) is 5.69 Å². The van der Waals surface area contributed by atoms with Gasteiger partial charge in [-0.2, -0.15) is 0 Å². The Kier molecular flexibility index (Phi) is 6.96. The van der Waals surface area contributed by atoms with Gasteiger partial charge in [-0.1, -0.05) is 74.5 Å². The molecule has 2 atom stereocenters. The van der Waals surface area contributed by atoms with Crippen LogP contribution in [-0.4, -0.2) is 23.6 Å². The third-order valence-corrected chi connectivity index (χ3v) is 7.03. The van der Waals surface area contributed by atoms with Crippen molar-refractivity contribution in [3.05, 3.63) is 84.4 Å². The molecule has 1 unspecified atom stereocenters. The summed E-state index contributed by atoms with van der Waals surface area (Å²) in [5, 5.41) is 3.00. The Morgan fingerprint density at radius 3 is 2.53 bits per heavy atom. The summed E-state index contributed by atoms with van der Waals surface area (Å²) in [6, 6.07) is 26.0. The van der Waals surface area contributed by atoms with Crippen LogP contribution >= 0.6 is 11.8 Å². The number of para-hydroxylation sites is 1. The highest BCUT2D eigenvalue weighted by molar-refractivity contribution is 7.99. The lowest BCUT2D eigenvalue weighted by Crippen LogP contribution is -2.50. The average molecular weight is 445 g/mol. The molecule has 3 aromatic carbocycles. The maximum absolute atomic E-state index is 13.6. The molecular formula is C27H28N2O2S. The van der Waals surface area contributed by atoms with Gasteiger partial charge >= 0.3 is 0 Å². The molecule has 0 aliphatic carbocycles. The van der Waals surface area contributed by atoms with Crippen LogP contribution in [0.2, 0.25) is 0 Å². The molecule has 1 aliphatic heterocycles. The van der Waals surface area contributed by atoms with E-state index in [1.807, 2.05) is 73.3 Å². The van der Waals surface area contributed by atoms with Crippen LogP contribution in [0.15, 0.2) is 83.8 Å². The van der Waals surface area contributed by atoms with Crippen molar-refractivity contribution in [2.24, 2.45) is 5.92 Å². The fourth-order valence-electron chi connectivity index (χ4n) is 3.78. The lowest BCUT2D eigenvalue weighted by Gasteiger charge is -2.26. The van der Waals surface area contributed by atoms with Crippen molar-refractivity contribution in [3.63, 3.8) is 0 Å². The standard InChI is InChI=1S/C27H28N2O2S/c1-3-19(2)26(30)28-23-18-32-25-15-8-7-14-24(25)29(27(23)31)17-20-10-9-13-22(16-20)21-11-5-4-6-12-21/h4-16,19,23H,3,17-18H2,1-2H3,(H,28,30)/t19-,23?/m1/s1. The molecule has 0 radical (unpaired) electrons. The zero-order valence-corrected chi connectivity index (χ0v) is 19.3. The summed E-state index contributed by atoms with van der Waals surface area (Å²) >= 11 is 1.62. The van der Waals surface area contributed by atoms with E-state index in [1.165, 1.54) is 0 Å². The molecular weight excluding hydrogens is 416 g/mol. The molecule has 1 N–H and O–H groups in total. The number of benzene rings is 3. The second kappa shape index (κ2) is 10.0. The van der Waals surface area contributed by atoms with Crippen molar-refractivity contribution in [2.75, 3.05) is 10.7 Å². The van der Waals surface area contributed by atoms with E-state index in [4.69, 9.17) is 0 Å². The van der Waals surface area contributed by atoms with E-state index in [1.54, 1.807) is 11.8 Å². The van der Waals surface area contributed by atoms with E-state index < -0.39 is 6.04 Å². The number of carbonyl (C=O) groups is 2. The van der Waals surface area contributed by atoms with Crippen molar-refractivity contribution in [3.8, 4) is 11.1 Å². The molecule has 0 fully saturated rings. The molecule has 0 saturated heterocycles. The van der Waals surface area contributed by atoms with E-state index in [9.17, 15) is 9.59 Å². The van der Waals surface area contributed by atoms with Crippen molar-refractivity contribution in [1.29, 1.82) is 0 Å². The average Bonchev–Trinajstić information content (AvgIpc) is 2.96. The molecule has 0 bridgehead atoms. The van der Waals surface area contributed by atoms with Gasteiger partial charge < -0.3 is 10.2 Å². The fraction of sp³-hybridized carbons (Fsp3) is 0.259. The van der Waals surface area contributed by atoms with Gasteiger partial charge in [0.15, 0.2) is 0 Å². The number of thioether (sulfide) groups is 1. The minimum Gasteiger partial charge on any atom is -0.343 e. The number of hydrogen-bond donors (Lipinski definition) is 1. The van der Waals surface area contributed by atoms with Crippen LogP contribution < -0.4 is 10.2 Å². The summed E-state index contributed by atoms with van der Waals surface area (Å²) in [4.78, 5) is 29.0. The Labute approximate surface area is 194 Å². The minimum atomic E-state index is -0.550. The molecule has 1 heterocycles. The van der Waals surface area contributed by atoms with Crippen LogP contribution in [0.5, 0.6) is 0 Å². The van der Waals surface area contributed by atoms with Gasteiger partial charge in [0, 0.05) is 16.6 Å². The second-order valence-electron chi connectivity index (χ2n) is 8.14. The SMILES string of the molecule is CC[C@@H](C)C(=O)NC1CSc2ccccc2N(Cc2cccc(-c3ccccc3)c2)C1=O. The summed E-state index contributed by atoms with van der Waals surface area (Å²) in [5.41, 5.74) is 4.21. The number of fused-ring (bicyclic) bond motifs is 1. The van der Waals surface area contributed by atoms with Crippen LogP contribution in [0, 0.1) is 5.92 Å². The maximum atomic E-state index is 13.6. The summed E-state index contributed by atoms with van der Waals surface area (Å²) in [5.74, 6) is 0.278. The van der Waals surface area contributed by atoms with Crippen LogP contribution in [0.25, 0.3) is 11.1 Å². The molecule has 3 aromatic rings. The predicted molar refractivity (Wildman–Crippen MR) is 132 cm³/mol. The molecule has 0 aromatic heterocycles. The second-order valence-corrected chi connectivity index (χ2v) is 9.20. The van der Waals surface area contributed by atoms with E-state index in [0.717, 1.165) is 33.7 Å². The Hall–Kier alpha value is -3.05. The summed E-state index contributed by atoms with van der Waals surface area (Å²) in [6.45, 7) is 4.33. The summed E-state index contributed by atoms with van der Waals surface area (Å²) in [7, 11) is 0. The van der Waals surface area contributed by atoms with E-state index in [-0.39, 0.29) is 17.7 Å². The molecule has 164 valence electrons. The van der Waals surface area contributed by atoms with Gasteiger partial charge in [-0.3, -0.25) is 9.59 Å². The van der Waals surface area contributed by atoms with E-state index in [0.29, 0.717) is 12.3 Å². The Balaban J connectivity index is 1.64. The first kappa shape index (κ1) is 22.2. The summed E-state index contributed by atoms with van der Waals surface area (Å²) < 4.78 is 0. The molecule has 0 saturated carbocycles. The third-order valence-electron chi connectivity index (χ3n) is 5.88. The number of nitrogens with one attached hydrogen (secondary N) is 1. The zero-order valence-electron chi connectivity index (χ0n) is 18.5. The van der Waals surface area contributed by atoms with Crippen molar-refractivity contribution >= 4 is 29.3 Å². The van der Waals surface area contributed by atoms with Crippen LogP contribution in [0.1, 0.15) is 25.8 Å². The van der Waals surface area contributed by atoms with Crippen LogP contribution in [0.3, 0.4) is 0 Å². The molecule has 4 rings (SSSR count). The van der Waals surface area contributed by atoms with Gasteiger partial charge in [0.25, 0.3) is 5.91 Å². The van der Waals surface area contributed by atoms with Gasteiger partial charge in [0.1, 0.15) is 6.04 Å². The maximum Gasteiger partial charge on any atom is 0.250 e. The van der Waals surface area contributed by atoms with Gasteiger partial charge in [-0.05, 0) is 41.3 Å². The smallest absolute Gasteiger partial charge is 0.250 e. The molecule has 5 heteroatoms. The Morgan fingerprint density at radius 2 is 1.75 bits per heavy atom. The topological polar surface area (TPSA) is 49.4 Å². The van der Waals surface area contributed by atoms with Gasteiger partial charge in [0.05, 0.1) is 12.2 Å². The van der Waals surface area contributed by atoms with Gasteiger partial charge in [0.2, 0.25) is 5.91 Å². The molecule has 4 nitrogen and oxygen atoms in total. The van der Waals surface area contributed by atoms with E-state index in [2.05, 4.69) is 29.6 Å². The zero-order chi connectivity index (χ0) is 22.5. The Bertz CT molecular complexity index is 1100. The lowest BCUT2D eigenvalue weighted by molar-refractivity contribution is -0.129. The van der Waals surface area contributed by atoms with Crippen molar-refractivity contribution < 1.29 is 9.59 Å². The normalized spacial score (nSPS) is 16.8. The fourth-order valence-corrected chi connectivity index (χ4v) is 4.85. The van der Waals surface area contributed by atoms with Crippen molar-refractivity contribution in [1.82, 2.24) is 5.32 Å². The Morgan fingerprint density at radius 1 is 1.03 bits per heavy atom. The quantitative estimate of drug-likeness (QED) is 0.544. The number of anilines is 1. The number of nitrogens with zero attached hydrogens (tertiary/aromatic N) is 1. The highest BCUT2D eigenvalue weighted by Gasteiger charge is 2.32. The van der Waals surface area contributed by atoms with E-state index >= 15 is 0 Å². The minimum absolute atomic E-state index is 0.0655.